The molecule has 1 fully saturated rings. The van der Waals surface area contributed by atoms with Gasteiger partial charge < -0.3 is 0 Å². The van der Waals surface area contributed by atoms with Gasteiger partial charge in [0.1, 0.15) is 11.6 Å². The average molecular weight is 285 g/mol. The first-order valence-corrected chi connectivity index (χ1v) is 6.34. The zero-order chi connectivity index (χ0) is 11.7. The van der Waals surface area contributed by atoms with Gasteiger partial charge in [-0.2, -0.15) is 0 Å². The number of ketones is 1. The maximum absolute atomic E-state index is 13.6. The van der Waals surface area contributed by atoms with Crippen LogP contribution in [0.4, 0.5) is 4.39 Å². The maximum Gasteiger partial charge on any atom is 0.135 e. The lowest BCUT2D eigenvalue weighted by atomic mass is 9.90. The van der Waals surface area contributed by atoms with Crippen molar-refractivity contribution in [2.75, 3.05) is 0 Å². The van der Waals surface area contributed by atoms with Crippen LogP contribution < -0.4 is 0 Å². The van der Waals surface area contributed by atoms with Crippen LogP contribution in [0.1, 0.15) is 25.3 Å². The Hall–Kier alpha value is -0.700. The topological polar surface area (TPSA) is 17.1 Å². The summed E-state index contributed by atoms with van der Waals surface area (Å²) in [5, 5.41) is 0. The third-order valence-electron chi connectivity index (χ3n) is 3.47. The van der Waals surface area contributed by atoms with Gasteiger partial charge in [0.05, 0.1) is 0 Å². The Morgan fingerprint density at radius 2 is 2.25 bits per heavy atom. The molecule has 16 heavy (non-hydrogen) atoms. The van der Waals surface area contributed by atoms with Crippen LogP contribution in [0.3, 0.4) is 0 Å². The summed E-state index contributed by atoms with van der Waals surface area (Å²) in [4.78, 5) is 11.4. The molecule has 0 radical (unpaired) electrons. The van der Waals surface area contributed by atoms with E-state index in [1.165, 1.54) is 6.07 Å². The van der Waals surface area contributed by atoms with E-state index in [9.17, 15) is 9.18 Å². The van der Waals surface area contributed by atoms with Crippen LogP contribution in [0.2, 0.25) is 0 Å². The monoisotopic (exact) mass is 284 g/mol. The van der Waals surface area contributed by atoms with E-state index >= 15 is 0 Å². The van der Waals surface area contributed by atoms with Gasteiger partial charge in [-0.05, 0) is 36.5 Å². The van der Waals surface area contributed by atoms with Gasteiger partial charge in [-0.15, -0.1) is 0 Å². The van der Waals surface area contributed by atoms with Crippen LogP contribution in [0, 0.1) is 17.7 Å². The molecule has 2 atom stereocenters. The number of hydrogen-bond donors (Lipinski definition) is 0. The predicted molar refractivity (Wildman–Crippen MR) is 64.7 cm³/mol. The molecular weight excluding hydrogens is 271 g/mol. The second-order valence-electron chi connectivity index (χ2n) is 4.49. The SMILES string of the molecule is CC1C(=O)CCC1Cc1ccc(Br)cc1F. The molecule has 1 aliphatic carbocycles. The van der Waals surface area contributed by atoms with Crippen LogP contribution >= 0.6 is 15.9 Å². The molecule has 1 saturated carbocycles. The summed E-state index contributed by atoms with van der Waals surface area (Å²) in [7, 11) is 0. The Morgan fingerprint density at radius 1 is 1.50 bits per heavy atom. The largest absolute Gasteiger partial charge is 0.299 e. The van der Waals surface area contributed by atoms with E-state index in [1.807, 2.05) is 13.0 Å². The number of carbonyl (C=O) groups excluding carboxylic acids is 1. The number of carbonyl (C=O) groups is 1. The highest BCUT2D eigenvalue weighted by Gasteiger charge is 2.31. The first-order chi connectivity index (χ1) is 7.58. The molecule has 1 aromatic carbocycles. The Kier molecular flexibility index (Phi) is 3.43. The molecule has 0 heterocycles. The minimum atomic E-state index is -0.180. The second-order valence-corrected chi connectivity index (χ2v) is 5.41. The standard InChI is InChI=1S/C13H14BrFO/c1-8-9(3-5-13(8)16)6-10-2-4-11(14)7-12(10)15/h2,4,7-9H,3,5-6H2,1H3. The van der Waals surface area contributed by atoms with Crippen LogP contribution in [0.5, 0.6) is 0 Å². The fourth-order valence-electron chi connectivity index (χ4n) is 2.32. The van der Waals surface area contributed by atoms with Gasteiger partial charge in [-0.1, -0.05) is 28.9 Å². The predicted octanol–water partition coefficient (Wildman–Crippen LogP) is 3.75. The Bertz CT molecular complexity index is 416. The second kappa shape index (κ2) is 4.66. The summed E-state index contributed by atoms with van der Waals surface area (Å²) >= 11 is 3.24. The van der Waals surface area contributed by atoms with Gasteiger partial charge in [-0.25, -0.2) is 4.39 Å². The summed E-state index contributed by atoms with van der Waals surface area (Å²) in [6, 6.07) is 5.13. The molecule has 0 amide bonds. The lowest BCUT2D eigenvalue weighted by molar-refractivity contribution is -0.120. The molecule has 86 valence electrons. The molecule has 0 aliphatic heterocycles. The Morgan fingerprint density at radius 3 is 2.81 bits per heavy atom. The molecule has 0 N–H and O–H groups in total. The first kappa shape index (κ1) is 11.8. The van der Waals surface area contributed by atoms with Gasteiger partial charge in [0.15, 0.2) is 0 Å². The minimum Gasteiger partial charge on any atom is -0.299 e. The molecule has 0 bridgehead atoms. The quantitative estimate of drug-likeness (QED) is 0.809. The van der Waals surface area contributed by atoms with Crippen molar-refractivity contribution in [2.24, 2.45) is 11.8 Å². The number of hydrogen-bond acceptors (Lipinski definition) is 1. The molecule has 1 aliphatic rings. The van der Waals surface area contributed by atoms with Crippen LogP contribution in [-0.2, 0) is 11.2 Å². The molecular formula is C13H14BrFO. The van der Waals surface area contributed by atoms with Crippen molar-refractivity contribution in [2.45, 2.75) is 26.2 Å². The molecule has 2 unspecified atom stereocenters. The van der Waals surface area contributed by atoms with Crippen molar-refractivity contribution >= 4 is 21.7 Å². The van der Waals surface area contributed by atoms with Crippen molar-refractivity contribution in [3.8, 4) is 0 Å². The average Bonchev–Trinajstić information content (AvgIpc) is 2.54. The van der Waals surface area contributed by atoms with Gasteiger partial charge in [0, 0.05) is 16.8 Å². The van der Waals surface area contributed by atoms with Gasteiger partial charge in [-0.3, -0.25) is 4.79 Å². The Labute approximate surface area is 103 Å². The number of rotatable bonds is 2. The molecule has 0 aromatic heterocycles. The summed E-state index contributed by atoms with van der Waals surface area (Å²) in [5.74, 6) is 0.537. The third-order valence-corrected chi connectivity index (χ3v) is 3.97. The van der Waals surface area contributed by atoms with Gasteiger partial charge in [0.2, 0.25) is 0 Å². The molecule has 0 spiro atoms. The summed E-state index contributed by atoms with van der Waals surface area (Å²) in [5.41, 5.74) is 0.717. The van der Waals surface area contributed by atoms with E-state index in [4.69, 9.17) is 0 Å². The smallest absolute Gasteiger partial charge is 0.135 e. The van der Waals surface area contributed by atoms with Gasteiger partial charge in [0.25, 0.3) is 0 Å². The molecule has 2 rings (SSSR count). The molecule has 1 nitrogen and oxygen atoms in total. The zero-order valence-electron chi connectivity index (χ0n) is 9.17. The van der Waals surface area contributed by atoms with E-state index in [2.05, 4.69) is 15.9 Å². The highest BCUT2D eigenvalue weighted by atomic mass is 79.9. The van der Waals surface area contributed by atoms with Crippen molar-refractivity contribution < 1.29 is 9.18 Å². The highest BCUT2D eigenvalue weighted by Crippen LogP contribution is 2.32. The lowest BCUT2D eigenvalue weighted by Gasteiger charge is -2.14. The highest BCUT2D eigenvalue weighted by molar-refractivity contribution is 9.10. The number of benzene rings is 1. The number of halogens is 2. The summed E-state index contributed by atoms with van der Waals surface area (Å²) in [6.07, 6.45) is 2.23. The summed E-state index contributed by atoms with van der Waals surface area (Å²) < 4.78 is 14.4. The van der Waals surface area contributed by atoms with E-state index < -0.39 is 0 Å². The fraction of sp³-hybridized carbons (Fsp3) is 0.462. The van der Waals surface area contributed by atoms with E-state index in [1.54, 1.807) is 6.07 Å². The van der Waals surface area contributed by atoms with Crippen molar-refractivity contribution in [3.05, 3.63) is 34.1 Å². The van der Waals surface area contributed by atoms with Crippen molar-refractivity contribution in [1.29, 1.82) is 0 Å². The third kappa shape index (κ3) is 2.34. The summed E-state index contributed by atoms with van der Waals surface area (Å²) in [6.45, 7) is 1.96. The normalized spacial score (nSPS) is 25.1. The van der Waals surface area contributed by atoms with Crippen LogP contribution in [-0.4, -0.2) is 5.78 Å². The maximum atomic E-state index is 13.6. The zero-order valence-corrected chi connectivity index (χ0v) is 10.8. The van der Waals surface area contributed by atoms with Crippen molar-refractivity contribution in [3.63, 3.8) is 0 Å². The minimum absolute atomic E-state index is 0.0862. The molecule has 1 aromatic rings. The van der Waals surface area contributed by atoms with Crippen LogP contribution in [0.15, 0.2) is 22.7 Å². The van der Waals surface area contributed by atoms with Crippen LogP contribution in [0.25, 0.3) is 0 Å². The number of Topliss-reactive ketones (excluding diaryl/α,β-unsaturated/α-hetero) is 1. The fourth-order valence-corrected chi connectivity index (χ4v) is 2.65. The Balaban J connectivity index is 2.12. The van der Waals surface area contributed by atoms with E-state index in [0.29, 0.717) is 24.5 Å². The van der Waals surface area contributed by atoms with E-state index in [-0.39, 0.29) is 11.7 Å². The molecule has 0 saturated heterocycles. The van der Waals surface area contributed by atoms with E-state index in [0.717, 1.165) is 16.5 Å². The van der Waals surface area contributed by atoms with Crippen molar-refractivity contribution in [1.82, 2.24) is 0 Å². The molecule has 3 heteroatoms. The lowest BCUT2D eigenvalue weighted by Crippen LogP contribution is -2.13. The first-order valence-electron chi connectivity index (χ1n) is 5.54. The van der Waals surface area contributed by atoms with Gasteiger partial charge >= 0.3 is 0 Å².